The van der Waals surface area contributed by atoms with Crippen LogP contribution in [0.25, 0.3) is 0 Å². The number of carbonyl (C=O) groups excluding carboxylic acids is 2. The highest BCUT2D eigenvalue weighted by Crippen LogP contribution is 2.23. The summed E-state index contributed by atoms with van der Waals surface area (Å²) in [6.07, 6.45) is 5.02. The summed E-state index contributed by atoms with van der Waals surface area (Å²) in [6.45, 7) is 4.02. The maximum Gasteiger partial charge on any atom is 0.313 e. The summed E-state index contributed by atoms with van der Waals surface area (Å²) < 4.78 is 0. The highest BCUT2D eigenvalue weighted by atomic mass is 32.2. The molecular weight excluding hydrogens is 284 g/mol. The average Bonchev–Trinajstić information content (AvgIpc) is 2.47. The molecule has 1 aliphatic heterocycles. The third-order valence-corrected chi connectivity index (χ3v) is 4.68. The van der Waals surface area contributed by atoms with E-state index >= 15 is 0 Å². The normalized spacial score (nSPS) is 22.0. The van der Waals surface area contributed by atoms with Crippen molar-refractivity contribution in [3.63, 3.8) is 0 Å². The summed E-state index contributed by atoms with van der Waals surface area (Å²) in [7, 11) is 0. The highest BCUT2D eigenvalue weighted by Gasteiger charge is 2.32. The predicted molar refractivity (Wildman–Crippen MR) is 86.5 cm³/mol. The lowest BCUT2D eigenvalue weighted by Crippen LogP contribution is -2.51. The van der Waals surface area contributed by atoms with Crippen molar-refractivity contribution < 1.29 is 9.59 Å². The number of amides is 2. The van der Waals surface area contributed by atoms with Gasteiger partial charge in [-0.1, -0.05) is 6.07 Å². The Balaban J connectivity index is 2.06. The second-order valence-corrected chi connectivity index (χ2v) is 6.41. The van der Waals surface area contributed by atoms with Crippen LogP contribution in [-0.4, -0.2) is 35.1 Å². The van der Waals surface area contributed by atoms with E-state index in [1.54, 1.807) is 22.7 Å². The van der Waals surface area contributed by atoms with Gasteiger partial charge < -0.3 is 10.2 Å². The number of nitrogens with zero attached hydrogens (tertiary/aromatic N) is 1. The Kier molecular flexibility index (Phi) is 5.28. The van der Waals surface area contributed by atoms with Gasteiger partial charge in [-0.3, -0.25) is 9.59 Å². The SMILES string of the molecule is CSc1cccc(NC(=O)C(=O)N2C(C)CCCC2C)c1. The molecule has 2 unspecified atom stereocenters. The molecule has 2 amide bonds. The first-order chi connectivity index (χ1) is 10.0. The van der Waals surface area contributed by atoms with Crippen LogP contribution in [0.15, 0.2) is 29.2 Å². The van der Waals surface area contributed by atoms with Crippen molar-refractivity contribution in [3.05, 3.63) is 24.3 Å². The average molecular weight is 306 g/mol. The number of hydrogen-bond acceptors (Lipinski definition) is 3. The second-order valence-electron chi connectivity index (χ2n) is 5.53. The number of anilines is 1. The Hall–Kier alpha value is -1.49. The minimum Gasteiger partial charge on any atom is -0.329 e. The molecule has 1 saturated heterocycles. The van der Waals surface area contributed by atoms with Gasteiger partial charge in [0, 0.05) is 22.7 Å². The standard InChI is InChI=1S/C16H22N2O2S/c1-11-6-4-7-12(2)18(11)16(20)15(19)17-13-8-5-9-14(10-13)21-3/h5,8-12H,4,6-7H2,1-3H3,(H,17,19). The zero-order valence-corrected chi connectivity index (χ0v) is 13.6. The van der Waals surface area contributed by atoms with E-state index in [-0.39, 0.29) is 12.1 Å². The fourth-order valence-corrected chi connectivity index (χ4v) is 3.28. The van der Waals surface area contributed by atoms with E-state index in [9.17, 15) is 9.59 Å². The molecule has 1 aromatic carbocycles. The van der Waals surface area contributed by atoms with E-state index in [2.05, 4.69) is 5.32 Å². The van der Waals surface area contributed by atoms with E-state index in [0.29, 0.717) is 5.69 Å². The summed E-state index contributed by atoms with van der Waals surface area (Å²) in [5.74, 6) is -0.974. The van der Waals surface area contributed by atoms with Crippen LogP contribution in [0.1, 0.15) is 33.1 Å². The molecule has 2 atom stereocenters. The predicted octanol–water partition coefficient (Wildman–Crippen LogP) is 3.14. The molecule has 1 N–H and O–H groups in total. The Morgan fingerprint density at radius 3 is 2.52 bits per heavy atom. The van der Waals surface area contributed by atoms with Crippen molar-refractivity contribution in [2.75, 3.05) is 11.6 Å². The molecule has 0 spiro atoms. The van der Waals surface area contributed by atoms with E-state index in [0.717, 1.165) is 24.2 Å². The molecule has 1 heterocycles. The summed E-state index contributed by atoms with van der Waals surface area (Å²) in [4.78, 5) is 27.4. The number of nitrogens with one attached hydrogen (secondary N) is 1. The van der Waals surface area contributed by atoms with Gasteiger partial charge in [-0.05, 0) is 57.6 Å². The minimum absolute atomic E-state index is 0.129. The number of rotatable bonds is 2. The molecule has 114 valence electrons. The molecule has 0 saturated carbocycles. The molecule has 0 aliphatic carbocycles. The highest BCUT2D eigenvalue weighted by molar-refractivity contribution is 7.98. The summed E-state index contributed by atoms with van der Waals surface area (Å²) in [6, 6.07) is 7.77. The van der Waals surface area contributed by atoms with Crippen LogP contribution in [-0.2, 0) is 9.59 Å². The third kappa shape index (κ3) is 3.79. The monoisotopic (exact) mass is 306 g/mol. The molecular formula is C16H22N2O2S. The maximum atomic E-state index is 12.4. The molecule has 1 aliphatic rings. The van der Waals surface area contributed by atoms with E-state index in [1.807, 2.05) is 38.3 Å². The van der Waals surface area contributed by atoms with Crippen LogP contribution in [0.3, 0.4) is 0 Å². The molecule has 1 fully saturated rings. The third-order valence-electron chi connectivity index (χ3n) is 3.95. The number of hydrogen-bond donors (Lipinski definition) is 1. The van der Waals surface area contributed by atoms with Gasteiger partial charge in [0.25, 0.3) is 0 Å². The van der Waals surface area contributed by atoms with Crippen molar-refractivity contribution in [1.82, 2.24) is 4.90 Å². The number of likely N-dealkylation sites (tertiary alicyclic amines) is 1. The molecule has 1 aromatic rings. The van der Waals surface area contributed by atoms with Crippen LogP contribution >= 0.6 is 11.8 Å². The van der Waals surface area contributed by atoms with Crippen molar-refractivity contribution in [1.29, 1.82) is 0 Å². The number of thioether (sulfide) groups is 1. The van der Waals surface area contributed by atoms with Gasteiger partial charge in [0.05, 0.1) is 0 Å². The lowest BCUT2D eigenvalue weighted by Gasteiger charge is -2.38. The summed E-state index contributed by atoms with van der Waals surface area (Å²) in [5, 5.41) is 2.71. The van der Waals surface area contributed by atoms with Crippen molar-refractivity contribution >= 4 is 29.3 Å². The lowest BCUT2D eigenvalue weighted by atomic mass is 9.97. The van der Waals surface area contributed by atoms with Crippen molar-refractivity contribution in [2.45, 2.75) is 50.1 Å². The van der Waals surface area contributed by atoms with Crippen LogP contribution in [0.4, 0.5) is 5.69 Å². The number of piperidine rings is 1. The molecule has 0 radical (unpaired) electrons. The van der Waals surface area contributed by atoms with Gasteiger partial charge in [0.1, 0.15) is 0 Å². The van der Waals surface area contributed by atoms with Gasteiger partial charge >= 0.3 is 11.8 Å². The smallest absolute Gasteiger partial charge is 0.313 e. The number of carbonyl (C=O) groups is 2. The second kappa shape index (κ2) is 6.98. The summed E-state index contributed by atoms with van der Waals surface area (Å²) in [5.41, 5.74) is 0.664. The van der Waals surface area contributed by atoms with Crippen molar-refractivity contribution in [3.8, 4) is 0 Å². The van der Waals surface area contributed by atoms with E-state index < -0.39 is 11.8 Å². The van der Waals surface area contributed by atoms with Gasteiger partial charge in [0.15, 0.2) is 0 Å². The van der Waals surface area contributed by atoms with Crippen molar-refractivity contribution in [2.24, 2.45) is 0 Å². The molecule has 21 heavy (non-hydrogen) atoms. The van der Waals surface area contributed by atoms with Crippen LogP contribution in [0.5, 0.6) is 0 Å². The first-order valence-electron chi connectivity index (χ1n) is 7.30. The largest absolute Gasteiger partial charge is 0.329 e. The number of benzene rings is 1. The van der Waals surface area contributed by atoms with Crippen LogP contribution in [0, 0.1) is 0 Å². The zero-order chi connectivity index (χ0) is 15.4. The Morgan fingerprint density at radius 2 is 1.90 bits per heavy atom. The lowest BCUT2D eigenvalue weighted by molar-refractivity contribution is -0.147. The molecule has 0 bridgehead atoms. The zero-order valence-electron chi connectivity index (χ0n) is 12.8. The Bertz CT molecular complexity index is 523. The van der Waals surface area contributed by atoms with Gasteiger partial charge in [-0.15, -0.1) is 11.8 Å². The quantitative estimate of drug-likeness (QED) is 0.674. The Morgan fingerprint density at radius 1 is 1.24 bits per heavy atom. The van der Waals surface area contributed by atoms with Crippen LogP contribution in [0.2, 0.25) is 0 Å². The molecule has 2 rings (SSSR count). The van der Waals surface area contributed by atoms with Crippen LogP contribution < -0.4 is 5.32 Å². The summed E-state index contributed by atoms with van der Waals surface area (Å²) >= 11 is 1.60. The van der Waals surface area contributed by atoms with Gasteiger partial charge in [-0.25, -0.2) is 0 Å². The van der Waals surface area contributed by atoms with Gasteiger partial charge in [-0.2, -0.15) is 0 Å². The first-order valence-corrected chi connectivity index (χ1v) is 8.53. The van der Waals surface area contributed by atoms with E-state index in [4.69, 9.17) is 0 Å². The Labute approximate surface area is 130 Å². The maximum absolute atomic E-state index is 12.4. The molecule has 4 nitrogen and oxygen atoms in total. The van der Waals surface area contributed by atoms with E-state index in [1.165, 1.54) is 0 Å². The minimum atomic E-state index is -0.547. The first kappa shape index (κ1) is 15.9. The fraction of sp³-hybridized carbons (Fsp3) is 0.500. The topological polar surface area (TPSA) is 49.4 Å². The van der Waals surface area contributed by atoms with Gasteiger partial charge in [0.2, 0.25) is 0 Å². The fourth-order valence-electron chi connectivity index (χ4n) is 2.82. The molecule has 0 aromatic heterocycles. The molecule has 5 heteroatoms.